The Morgan fingerprint density at radius 2 is 2.05 bits per heavy atom. The lowest BCUT2D eigenvalue weighted by atomic mass is 9.93. The Balaban J connectivity index is 1.52. The van der Waals surface area contributed by atoms with Crippen molar-refractivity contribution in [1.29, 1.82) is 0 Å². The van der Waals surface area contributed by atoms with Crippen LogP contribution in [0.25, 0.3) is 0 Å². The molecule has 0 spiro atoms. The highest BCUT2D eigenvalue weighted by molar-refractivity contribution is 5.21. The third kappa shape index (κ3) is 3.37. The normalized spacial score (nSPS) is 32.6. The van der Waals surface area contributed by atoms with E-state index in [0.717, 1.165) is 11.8 Å². The van der Waals surface area contributed by atoms with E-state index in [0.29, 0.717) is 6.04 Å². The van der Waals surface area contributed by atoms with Crippen LogP contribution in [0.1, 0.15) is 37.7 Å². The smallest absolute Gasteiger partial charge is 0.00509 e. The molecule has 2 nitrogen and oxygen atoms in total. The summed E-state index contributed by atoms with van der Waals surface area (Å²) in [6.45, 7) is 7.40. The first-order valence-corrected chi connectivity index (χ1v) is 7.82. The zero-order valence-corrected chi connectivity index (χ0v) is 12.0. The van der Waals surface area contributed by atoms with Crippen molar-refractivity contribution in [3.8, 4) is 0 Å². The summed E-state index contributed by atoms with van der Waals surface area (Å²) in [6, 6.07) is 11.8. The second-order valence-corrected chi connectivity index (χ2v) is 6.40. The maximum absolute atomic E-state index is 3.55. The van der Waals surface area contributed by atoms with Gasteiger partial charge in [-0.05, 0) is 56.7 Å². The van der Waals surface area contributed by atoms with Crippen molar-refractivity contribution in [3.05, 3.63) is 35.9 Å². The van der Waals surface area contributed by atoms with Crippen molar-refractivity contribution in [1.82, 2.24) is 10.2 Å². The van der Waals surface area contributed by atoms with Gasteiger partial charge in [-0.25, -0.2) is 0 Å². The van der Waals surface area contributed by atoms with Crippen LogP contribution in [-0.4, -0.2) is 37.1 Å². The minimum atomic E-state index is 0.714. The van der Waals surface area contributed by atoms with Gasteiger partial charge in [-0.1, -0.05) is 30.3 Å². The third-order valence-corrected chi connectivity index (χ3v) is 4.79. The van der Waals surface area contributed by atoms with Crippen molar-refractivity contribution < 1.29 is 0 Å². The summed E-state index contributed by atoms with van der Waals surface area (Å²) < 4.78 is 0. The SMILES string of the molecule is CC1CC(CN2CCC(c3ccccc3)C2)CCN1. The maximum atomic E-state index is 3.55. The second-order valence-electron chi connectivity index (χ2n) is 6.40. The maximum Gasteiger partial charge on any atom is 0.00509 e. The molecule has 2 fully saturated rings. The first kappa shape index (κ1) is 13.1. The molecule has 2 aliphatic rings. The highest BCUT2D eigenvalue weighted by Gasteiger charge is 2.27. The summed E-state index contributed by atoms with van der Waals surface area (Å²) in [5, 5.41) is 3.55. The van der Waals surface area contributed by atoms with Crippen molar-refractivity contribution in [2.24, 2.45) is 5.92 Å². The molecule has 1 aromatic carbocycles. The Bertz CT molecular complexity index is 390. The van der Waals surface area contributed by atoms with Crippen LogP contribution in [0.4, 0.5) is 0 Å². The molecule has 0 radical (unpaired) electrons. The van der Waals surface area contributed by atoms with E-state index in [2.05, 4.69) is 47.5 Å². The molecule has 2 saturated heterocycles. The van der Waals surface area contributed by atoms with Gasteiger partial charge in [0.15, 0.2) is 0 Å². The van der Waals surface area contributed by atoms with E-state index in [1.54, 1.807) is 0 Å². The van der Waals surface area contributed by atoms with Gasteiger partial charge in [-0.15, -0.1) is 0 Å². The van der Waals surface area contributed by atoms with Crippen molar-refractivity contribution in [2.45, 2.75) is 38.1 Å². The molecule has 3 unspecified atom stereocenters. The molecule has 2 aliphatic heterocycles. The summed E-state index contributed by atoms with van der Waals surface area (Å²) in [5.41, 5.74) is 1.53. The standard InChI is InChI=1S/C17H26N2/c1-14-11-15(7-9-18-14)12-19-10-8-17(13-19)16-5-3-2-4-6-16/h2-6,14-15,17-18H,7-13H2,1H3. The molecule has 0 bridgehead atoms. The largest absolute Gasteiger partial charge is 0.314 e. The van der Waals surface area contributed by atoms with Gasteiger partial charge < -0.3 is 10.2 Å². The fraction of sp³-hybridized carbons (Fsp3) is 0.647. The van der Waals surface area contributed by atoms with Crippen LogP contribution in [0.3, 0.4) is 0 Å². The minimum absolute atomic E-state index is 0.714. The molecular weight excluding hydrogens is 232 g/mol. The molecule has 0 aliphatic carbocycles. The Kier molecular flexibility index (Phi) is 4.19. The zero-order valence-electron chi connectivity index (χ0n) is 12.0. The summed E-state index contributed by atoms with van der Waals surface area (Å²) in [5.74, 6) is 1.67. The minimum Gasteiger partial charge on any atom is -0.314 e. The molecule has 3 atom stereocenters. The van der Waals surface area contributed by atoms with Gasteiger partial charge in [0.2, 0.25) is 0 Å². The van der Waals surface area contributed by atoms with Gasteiger partial charge in [0.05, 0.1) is 0 Å². The van der Waals surface area contributed by atoms with Crippen molar-refractivity contribution in [2.75, 3.05) is 26.2 Å². The van der Waals surface area contributed by atoms with Crippen LogP contribution in [0, 0.1) is 5.92 Å². The van der Waals surface area contributed by atoms with Crippen molar-refractivity contribution >= 4 is 0 Å². The lowest BCUT2D eigenvalue weighted by molar-refractivity contribution is 0.218. The fourth-order valence-corrected chi connectivity index (χ4v) is 3.76. The van der Waals surface area contributed by atoms with E-state index in [1.165, 1.54) is 51.0 Å². The van der Waals surface area contributed by atoms with Crippen LogP contribution in [0.15, 0.2) is 30.3 Å². The van der Waals surface area contributed by atoms with Gasteiger partial charge in [0, 0.05) is 19.1 Å². The Morgan fingerprint density at radius 3 is 2.84 bits per heavy atom. The highest BCUT2D eigenvalue weighted by atomic mass is 15.1. The molecule has 2 heterocycles. The van der Waals surface area contributed by atoms with E-state index in [1.807, 2.05) is 0 Å². The van der Waals surface area contributed by atoms with Crippen LogP contribution in [0.5, 0.6) is 0 Å². The first-order valence-electron chi connectivity index (χ1n) is 7.82. The molecule has 0 amide bonds. The van der Waals surface area contributed by atoms with E-state index in [-0.39, 0.29) is 0 Å². The quantitative estimate of drug-likeness (QED) is 0.897. The monoisotopic (exact) mass is 258 g/mol. The lowest BCUT2D eigenvalue weighted by Gasteiger charge is -2.31. The molecule has 19 heavy (non-hydrogen) atoms. The molecule has 2 heteroatoms. The Morgan fingerprint density at radius 1 is 1.21 bits per heavy atom. The number of benzene rings is 1. The average Bonchev–Trinajstić information content (AvgIpc) is 2.88. The Labute approximate surface area is 117 Å². The molecule has 3 rings (SSSR count). The van der Waals surface area contributed by atoms with Crippen LogP contribution >= 0.6 is 0 Å². The molecule has 1 N–H and O–H groups in total. The summed E-state index contributed by atoms with van der Waals surface area (Å²) >= 11 is 0. The van der Waals surface area contributed by atoms with Crippen LogP contribution in [0.2, 0.25) is 0 Å². The number of piperidine rings is 1. The molecular formula is C17H26N2. The summed E-state index contributed by atoms with van der Waals surface area (Å²) in [6.07, 6.45) is 4.05. The number of likely N-dealkylation sites (tertiary alicyclic amines) is 1. The summed E-state index contributed by atoms with van der Waals surface area (Å²) in [4.78, 5) is 2.69. The number of rotatable bonds is 3. The predicted octanol–water partition coefficient (Wildman–Crippen LogP) is 2.86. The van der Waals surface area contributed by atoms with Gasteiger partial charge in [-0.3, -0.25) is 0 Å². The van der Waals surface area contributed by atoms with E-state index < -0.39 is 0 Å². The lowest BCUT2D eigenvalue weighted by Crippen LogP contribution is -2.40. The topological polar surface area (TPSA) is 15.3 Å². The third-order valence-electron chi connectivity index (χ3n) is 4.79. The van der Waals surface area contributed by atoms with Gasteiger partial charge in [0.1, 0.15) is 0 Å². The fourth-order valence-electron chi connectivity index (χ4n) is 3.76. The molecule has 0 aromatic heterocycles. The summed E-state index contributed by atoms with van der Waals surface area (Å²) in [7, 11) is 0. The van der Waals surface area contributed by atoms with Crippen LogP contribution < -0.4 is 5.32 Å². The van der Waals surface area contributed by atoms with Crippen molar-refractivity contribution in [3.63, 3.8) is 0 Å². The zero-order chi connectivity index (χ0) is 13.1. The Hall–Kier alpha value is -0.860. The number of nitrogens with one attached hydrogen (secondary N) is 1. The average molecular weight is 258 g/mol. The number of nitrogens with zero attached hydrogens (tertiary/aromatic N) is 1. The van der Waals surface area contributed by atoms with Crippen LogP contribution in [-0.2, 0) is 0 Å². The number of hydrogen-bond donors (Lipinski definition) is 1. The van der Waals surface area contributed by atoms with Gasteiger partial charge in [-0.2, -0.15) is 0 Å². The molecule has 104 valence electrons. The van der Waals surface area contributed by atoms with Gasteiger partial charge >= 0.3 is 0 Å². The predicted molar refractivity (Wildman–Crippen MR) is 80.4 cm³/mol. The second kappa shape index (κ2) is 6.06. The van der Waals surface area contributed by atoms with E-state index in [4.69, 9.17) is 0 Å². The van der Waals surface area contributed by atoms with E-state index >= 15 is 0 Å². The molecule has 0 saturated carbocycles. The highest BCUT2D eigenvalue weighted by Crippen LogP contribution is 2.28. The van der Waals surface area contributed by atoms with Gasteiger partial charge in [0.25, 0.3) is 0 Å². The first-order chi connectivity index (χ1) is 9.31. The molecule has 1 aromatic rings. The number of hydrogen-bond acceptors (Lipinski definition) is 2. The van der Waals surface area contributed by atoms with E-state index in [9.17, 15) is 0 Å².